The molecule has 0 aliphatic heterocycles. The van der Waals surface area contributed by atoms with E-state index < -0.39 is 10.4 Å². The van der Waals surface area contributed by atoms with Gasteiger partial charge in [0.2, 0.25) is 0 Å². The average Bonchev–Trinajstić information content (AvgIpc) is 2.73. The molecule has 0 saturated heterocycles. The Hall–Kier alpha value is -1.89. The monoisotopic (exact) mass is 435 g/mol. The second kappa shape index (κ2) is 16.9. The Balaban J connectivity index is 0.000000308. The number of anilines is 2. The normalized spacial score (nSPS) is 10.9. The van der Waals surface area contributed by atoms with Gasteiger partial charge in [-0.2, -0.15) is 8.42 Å². The first-order valence-electron chi connectivity index (χ1n) is 11.0. The molecule has 168 valence electrons. The summed E-state index contributed by atoms with van der Waals surface area (Å²) in [5.74, 6) is 0. The molecule has 0 aliphatic carbocycles. The molecular weight excluding hydrogens is 398 g/mol. The summed E-state index contributed by atoms with van der Waals surface area (Å²) in [4.78, 5) is 0. The molecule has 2 aromatic carbocycles. The third kappa shape index (κ3) is 16.0. The number of unbranched alkanes of at least 4 members (excludes halogenated alkanes) is 9. The highest BCUT2D eigenvalue weighted by Gasteiger charge is 2.02. The van der Waals surface area contributed by atoms with Crippen molar-refractivity contribution >= 4 is 21.8 Å². The summed E-state index contributed by atoms with van der Waals surface area (Å²) in [6, 6.07) is 20.3. The van der Waals surface area contributed by atoms with Gasteiger partial charge < -0.3 is 5.32 Å². The van der Waals surface area contributed by atoms with Gasteiger partial charge in [-0.05, 0) is 30.7 Å². The summed E-state index contributed by atoms with van der Waals surface area (Å²) in [5, 5.41) is 3.30. The van der Waals surface area contributed by atoms with Crippen molar-refractivity contribution < 1.29 is 17.2 Å². The van der Waals surface area contributed by atoms with Crippen molar-refractivity contribution in [2.75, 3.05) is 11.9 Å². The topological polar surface area (TPSA) is 75.6 Å². The van der Waals surface area contributed by atoms with Crippen LogP contribution in [-0.4, -0.2) is 19.6 Å². The molecule has 0 unspecified atom stereocenters. The largest absolute Gasteiger partial charge is 0.397 e. The van der Waals surface area contributed by atoms with E-state index in [0.29, 0.717) is 6.42 Å². The Kier molecular flexibility index (Phi) is 14.7. The molecule has 0 amide bonds. The molecule has 0 heterocycles. The number of hydrogen-bond acceptors (Lipinski definition) is 4. The SMILES string of the molecule is CCCCCCCCCCCCOS(=O)(=O)O.c1ccc(Nc2ccccc2)cc1. The predicted octanol–water partition coefficient (Wildman–Crippen LogP) is 7.16. The van der Waals surface area contributed by atoms with Crippen LogP contribution in [0.5, 0.6) is 0 Å². The van der Waals surface area contributed by atoms with Crippen LogP contribution in [0.2, 0.25) is 0 Å². The summed E-state index contributed by atoms with van der Waals surface area (Å²) in [6.07, 6.45) is 11.9. The molecule has 0 saturated carbocycles. The highest BCUT2D eigenvalue weighted by Crippen LogP contribution is 2.14. The average molecular weight is 436 g/mol. The zero-order chi connectivity index (χ0) is 21.9. The lowest BCUT2D eigenvalue weighted by atomic mass is 10.1. The van der Waals surface area contributed by atoms with Gasteiger partial charge >= 0.3 is 10.4 Å². The van der Waals surface area contributed by atoms with Gasteiger partial charge in [-0.25, -0.2) is 4.18 Å². The van der Waals surface area contributed by atoms with Crippen molar-refractivity contribution in [2.24, 2.45) is 0 Å². The molecule has 2 aromatic rings. The second-order valence-electron chi connectivity index (χ2n) is 7.29. The molecule has 0 aliphatic rings. The van der Waals surface area contributed by atoms with Gasteiger partial charge in [0.05, 0.1) is 6.61 Å². The van der Waals surface area contributed by atoms with Crippen LogP contribution in [0.1, 0.15) is 71.1 Å². The summed E-state index contributed by atoms with van der Waals surface area (Å²) in [5.41, 5.74) is 2.24. The molecule has 5 nitrogen and oxygen atoms in total. The van der Waals surface area contributed by atoms with Crippen molar-refractivity contribution in [3.63, 3.8) is 0 Å². The third-order valence-electron chi connectivity index (χ3n) is 4.57. The summed E-state index contributed by atoms with van der Waals surface area (Å²) >= 11 is 0. The van der Waals surface area contributed by atoms with Gasteiger partial charge in [-0.1, -0.05) is 101 Å². The van der Waals surface area contributed by atoms with E-state index in [0.717, 1.165) is 24.2 Å². The maximum Gasteiger partial charge on any atom is 0.397 e. The second-order valence-corrected chi connectivity index (χ2v) is 8.38. The van der Waals surface area contributed by atoms with Crippen LogP contribution in [-0.2, 0) is 14.6 Å². The lowest BCUT2D eigenvalue weighted by Gasteiger charge is -2.04. The van der Waals surface area contributed by atoms with E-state index in [1.54, 1.807) is 0 Å². The number of hydrogen-bond donors (Lipinski definition) is 2. The Morgan fingerprint density at radius 1 is 0.700 bits per heavy atom. The molecule has 0 radical (unpaired) electrons. The standard InChI is InChI=1S/C12H11N.C12H26O4S/c1-3-7-11(8-4-1)13-12-9-5-2-6-10-12;1-2-3-4-5-6-7-8-9-10-11-12-16-17(13,14)15/h1-10,13H;2-12H2,1H3,(H,13,14,15). The van der Waals surface area contributed by atoms with Crippen LogP contribution < -0.4 is 5.32 Å². The Bertz CT molecular complexity index is 699. The van der Waals surface area contributed by atoms with Gasteiger partial charge in [0.15, 0.2) is 0 Å². The smallest absolute Gasteiger partial charge is 0.356 e. The van der Waals surface area contributed by atoms with E-state index in [4.69, 9.17) is 4.55 Å². The summed E-state index contributed by atoms with van der Waals surface area (Å²) in [6.45, 7) is 2.31. The predicted molar refractivity (Wildman–Crippen MR) is 126 cm³/mol. The Morgan fingerprint density at radius 3 is 1.50 bits per heavy atom. The van der Waals surface area contributed by atoms with Crippen LogP contribution in [0, 0.1) is 0 Å². The first-order valence-corrected chi connectivity index (χ1v) is 12.4. The minimum atomic E-state index is -4.23. The maximum absolute atomic E-state index is 10.2. The first-order chi connectivity index (χ1) is 14.5. The van der Waals surface area contributed by atoms with Crippen molar-refractivity contribution in [1.82, 2.24) is 0 Å². The van der Waals surface area contributed by atoms with Crippen molar-refractivity contribution in [3.05, 3.63) is 60.7 Å². The zero-order valence-corrected chi connectivity index (χ0v) is 18.9. The molecular formula is C24H37NO4S. The molecule has 0 fully saturated rings. The Morgan fingerprint density at radius 2 is 1.10 bits per heavy atom. The lowest BCUT2D eigenvalue weighted by Crippen LogP contribution is -2.04. The van der Waals surface area contributed by atoms with Crippen LogP contribution in [0.15, 0.2) is 60.7 Å². The molecule has 0 atom stereocenters. The van der Waals surface area contributed by atoms with Crippen molar-refractivity contribution in [1.29, 1.82) is 0 Å². The molecule has 0 spiro atoms. The van der Waals surface area contributed by atoms with Crippen molar-refractivity contribution in [2.45, 2.75) is 71.1 Å². The van der Waals surface area contributed by atoms with Gasteiger partial charge in [0, 0.05) is 11.4 Å². The minimum absolute atomic E-state index is 0.0926. The molecule has 0 aromatic heterocycles. The molecule has 6 heteroatoms. The third-order valence-corrected chi connectivity index (χ3v) is 5.03. The van der Waals surface area contributed by atoms with Crippen LogP contribution >= 0.6 is 0 Å². The van der Waals surface area contributed by atoms with E-state index in [1.807, 2.05) is 60.7 Å². The fourth-order valence-electron chi connectivity index (χ4n) is 2.96. The zero-order valence-electron chi connectivity index (χ0n) is 18.1. The van der Waals surface area contributed by atoms with Gasteiger partial charge in [0.1, 0.15) is 0 Å². The van der Waals surface area contributed by atoms with E-state index >= 15 is 0 Å². The minimum Gasteiger partial charge on any atom is -0.356 e. The first kappa shape index (κ1) is 26.1. The van der Waals surface area contributed by atoms with E-state index in [2.05, 4.69) is 16.4 Å². The van der Waals surface area contributed by atoms with Gasteiger partial charge in [0.25, 0.3) is 0 Å². The fraction of sp³-hybridized carbons (Fsp3) is 0.500. The Labute approximate surface area is 182 Å². The molecule has 2 N–H and O–H groups in total. The molecule has 2 rings (SSSR count). The van der Waals surface area contributed by atoms with Gasteiger partial charge in [-0.3, -0.25) is 4.55 Å². The number of nitrogens with one attached hydrogen (secondary N) is 1. The quantitative estimate of drug-likeness (QED) is 0.243. The highest BCUT2D eigenvalue weighted by atomic mass is 32.3. The summed E-state index contributed by atoms with van der Waals surface area (Å²) in [7, 11) is -4.23. The fourth-order valence-corrected chi connectivity index (χ4v) is 3.29. The van der Waals surface area contributed by atoms with E-state index in [1.165, 1.54) is 44.9 Å². The van der Waals surface area contributed by atoms with E-state index in [9.17, 15) is 8.42 Å². The van der Waals surface area contributed by atoms with Crippen LogP contribution in [0.3, 0.4) is 0 Å². The maximum atomic E-state index is 10.2. The van der Waals surface area contributed by atoms with Crippen molar-refractivity contribution in [3.8, 4) is 0 Å². The summed E-state index contributed by atoms with van der Waals surface area (Å²) < 4.78 is 33.0. The number of benzene rings is 2. The molecule has 30 heavy (non-hydrogen) atoms. The van der Waals surface area contributed by atoms with Crippen LogP contribution in [0.25, 0.3) is 0 Å². The van der Waals surface area contributed by atoms with Gasteiger partial charge in [-0.15, -0.1) is 0 Å². The van der Waals surface area contributed by atoms with E-state index in [-0.39, 0.29) is 6.61 Å². The molecule has 0 bridgehead atoms. The number of rotatable bonds is 14. The van der Waals surface area contributed by atoms with Crippen LogP contribution in [0.4, 0.5) is 11.4 Å². The lowest BCUT2D eigenvalue weighted by molar-refractivity contribution is 0.261. The number of para-hydroxylation sites is 2. The highest BCUT2D eigenvalue weighted by molar-refractivity contribution is 7.80.